The molecule has 0 atom stereocenters. The second-order valence-electron chi connectivity index (χ2n) is 2.60. The first-order chi connectivity index (χ1) is 4.16. The van der Waals surface area contributed by atoms with Crippen molar-refractivity contribution in [2.75, 3.05) is 0 Å². The van der Waals surface area contributed by atoms with Crippen LogP contribution in [0.4, 0.5) is 0 Å². The van der Waals surface area contributed by atoms with Gasteiger partial charge in [0.05, 0.1) is 0 Å². The minimum absolute atomic E-state index is 0.682. The van der Waals surface area contributed by atoms with E-state index in [4.69, 9.17) is 0 Å². The molecule has 0 aromatic rings. The summed E-state index contributed by atoms with van der Waals surface area (Å²) < 4.78 is 0. The largest absolute Gasteiger partial charge is 0.128 e. The van der Waals surface area contributed by atoms with Crippen molar-refractivity contribution in [3.63, 3.8) is 0 Å². The Morgan fingerprint density at radius 1 is 1.67 bits per heavy atom. The van der Waals surface area contributed by atoms with Crippen molar-refractivity contribution < 1.29 is 0 Å². The molecule has 0 aliphatic carbocycles. The van der Waals surface area contributed by atoms with Gasteiger partial charge in [0.15, 0.2) is 0 Å². The fourth-order valence-corrected chi connectivity index (χ4v) is 0.728. The molecule has 0 aromatic heterocycles. The van der Waals surface area contributed by atoms with Gasteiger partial charge >= 0.3 is 0 Å². The monoisotopic (exact) mass is 122 g/mol. The Morgan fingerprint density at radius 2 is 2.22 bits per heavy atom. The lowest BCUT2D eigenvalue weighted by Gasteiger charge is -2.00. The van der Waals surface area contributed by atoms with E-state index in [0.717, 1.165) is 12.0 Å². The molecule has 0 radical (unpaired) electrons. The van der Waals surface area contributed by atoms with E-state index in [-0.39, 0.29) is 0 Å². The number of hydrogen-bond acceptors (Lipinski definition) is 0. The Bertz CT molecular complexity index is 134. The van der Waals surface area contributed by atoms with Crippen LogP contribution in [-0.2, 0) is 0 Å². The van der Waals surface area contributed by atoms with Crippen molar-refractivity contribution >= 4 is 0 Å². The predicted octanol–water partition coefficient (Wildman–Crippen LogP) is 2.93. The highest BCUT2D eigenvalue weighted by atomic mass is 14.0. The minimum Gasteiger partial charge on any atom is -0.128 e. The summed E-state index contributed by atoms with van der Waals surface area (Å²) in [6.45, 7) is 11.6. The Balaban J connectivity index is 3.64. The van der Waals surface area contributed by atoms with Gasteiger partial charge in [0.2, 0.25) is 0 Å². The molecule has 0 rings (SSSR count). The Hall–Kier alpha value is -0.740. The quantitative estimate of drug-likeness (QED) is 0.399. The second kappa shape index (κ2) is 4.17. The maximum Gasteiger partial charge on any atom is -0.0180 e. The molecular weight excluding hydrogens is 108 g/mol. The highest BCUT2D eigenvalue weighted by molar-refractivity contribution is 5.12. The Kier molecular flexibility index (Phi) is 3.83. The van der Waals surface area contributed by atoms with Gasteiger partial charge in [0, 0.05) is 0 Å². The van der Waals surface area contributed by atoms with E-state index in [9.17, 15) is 0 Å². The third-order valence-corrected chi connectivity index (χ3v) is 0.977. The molecule has 0 aliphatic rings. The molecule has 0 unspecified atom stereocenters. The first kappa shape index (κ1) is 8.26. The van der Waals surface area contributed by atoms with E-state index in [1.807, 2.05) is 6.08 Å². The van der Waals surface area contributed by atoms with Crippen molar-refractivity contribution in [1.29, 1.82) is 0 Å². The summed E-state index contributed by atoms with van der Waals surface area (Å²) in [5.41, 5.74) is 3.81. The van der Waals surface area contributed by atoms with Crippen LogP contribution in [0.5, 0.6) is 0 Å². The maximum absolute atomic E-state index is 3.83. The lowest BCUT2D eigenvalue weighted by atomic mass is 10.0. The highest BCUT2D eigenvalue weighted by Gasteiger charge is 1.92. The van der Waals surface area contributed by atoms with Gasteiger partial charge in [-0.1, -0.05) is 27.0 Å². The van der Waals surface area contributed by atoms with Crippen LogP contribution < -0.4 is 0 Å². The summed E-state index contributed by atoms with van der Waals surface area (Å²) in [6, 6.07) is 0. The molecule has 0 heteroatoms. The summed E-state index contributed by atoms with van der Waals surface area (Å²) in [7, 11) is 0. The third-order valence-electron chi connectivity index (χ3n) is 0.977. The minimum atomic E-state index is 0.682. The molecule has 9 heavy (non-hydrogen) atoms. The van der Waals surface area contributed by atoms with Crippen molar-refractivity contribution in [2.45, 2.75) is 20.3 Å². The van der Waals surface area contributed by atoms with Gasteiger partial charge < -0.3 is 0 Å². The second-order valence-corrected chi connectivity index (χ2v) is 2.60. The van der Waals surface area contributed by atoms with Crippen molar-refractivity contribution in [3.05, 3.63) is 30.5 Å². The zero-order chi connectivity index (χ0) is 7.28. The molecule has 0 heterocycles. The normalized spacial score (nSPS) is 8.78. The van der Waals surface area contributed by atoms with E-state index in [0.29, 0.717) is 5.92 Å². The summed E-state index contributed by atoms with van der Waals surface area (Å²) in [5, 5.41) is 0. The van der Waals surface area contributed by atoms with E-state index < -0.39 is 0 Å². The number of rotatable bonds is 3. The van der Waals surface area contributed by atoms with Gasteiger partial charge in [0.25, 0.3) is 0 Å². The van der Waals surface area contributed by atoms with Gasteiger partial charge in [-0.3, -0.25) is 0 Å². The lowest BCUT2D eigenvalue weighted by Crippen LogP contribution is -1.86. The van der Waals surface area contributed by atoms with Crippen molar-refractivity contribution in [3.8, 4) is 0 Å². The van der Waals surface area contributed by atoms with E-state index in [1.54, 1.807) is 0 Å². The predicted molar refractivity (Wildman–Crippen MR) is 42.3 cm³/mol. The molecule has 50 valence electrons. The average Bonchev–Trinajstić information content (AvgIpc) is 1.63. The molecule has 0 nitrogen and oxygen atoms in total. The van der Waals surface area contributed by atoms with Gasteiger partial charge in [0.1, 0.15) is 0 Å². The molecule has 0 spiro atoms. The van der Waals surface area contributed by atoms with Crippen LogP contribution in [0.3, 0.4) is 0 Å². The number of hydrogen-bond donors (Lipinski definition) is 0. The lowest BCUT2D eigenvalue weighted by molar-refractivity contribution is 0.651. The summed E-state index contributed by atoms with van der Waals surface area (Å²) in [4.78, 5) is 0. The van der Waals surface area contributed by atoms with Crippen molar-refractivity contribution in [2.24, 2.45) is 5.92 Å². The topological polar surface area (TPSA) is 0 Å². The summed E-state index contributed by atoms with van der Waals surface area (Å²) in [6.07, 6.45) is 2.88. The van der Waals surface area contributed by atoms with Crippen molar-refractivity contribution in [1.82, 2.24) is 0 Å². The molecular formula is C9H14. The van der Waals surface area contributed by atoms with Crippen LogP contribution in [0.2, 0.25) is 0 Å². The molecule has 0 saturated heterocycles. The van der Waals surface area contributed by atoms with Crippen LogP contribution in [0, 0.1) is 5.92 Å². The van der Waals surface area contributed by atoms with Gasteiger partial charge in [-0.05, 0) is 24.0 Å². The zero-order valence-electron chi connectivity index (χ0n) is 6.28. The van der Waals surface area contributed by atoms with Crippen LogP contribution in [0.25, 0.3) is 0 Å². The summed E-state index contributed by atoms with van der Waals surface area (Å²) >= 11 is 0. The van der Waals surface area contributed by atoms with Crippen LogP contribution in [-0.4, -0.2) is 0 Å². The van der Waals surface area contributed by atoms with Crippen LogP contribution in [0.1, 0.15) is 20.3 Å². The summed E-state index contributed by atoms with van der Waals surface area (Å²) in [5.74, 6) is 0.682. The molecule has 0 bridgehead atoms. The third kappa shape index (κ3) is 5.13. The Labute approximate surface area is 57.6 Å². The Morgan fingerprint density at radius 3 is 2.56 bits per heavy atom. The van der Waals surface area contributed by atoms with Crippen LogP contribution >= 0.6 is 0 Å². The van der Waals surface area contributed by atoms with Gasteiger partial charge in [-0.25, -0.2) is 0 Å². The molecule has 0 fully saturated rings. The molecule has 0 aliphatic heterocycles. The maximum atomic E-state index is 3.83. The standard InChI is InChI=1S/C9H14/c1-5-6-9(4)7-8(2)3/h6,8H,1,4,7H2,2-3H3. The van der Waals surface area contributed by atoms with E-state index in [1.165, 1.54) is 0 Å². The SMILES string of the molecule is C=C=CC(=C)CC(C)C. The van der Waals surface area contributed by atoms with E-state index >= 15 is 0 Å². The number of allylic oxidation sites excluding steroid dienone is 2. The molecule has 0 N–H and O–H groups in total. The highest BCUT2D eigenvalue weighted by Crippen LogP contribution is 2.08. The molecule has 0 aromatic carbocycles. The van der Waals surface area contributed by atoms with Crippen LogP contribution in [0.15, 0.2) is 30.5 Å². The van der Waals surface area contributed by atoms with E-state index in [2.05, 4.69) is 32.7 Å². The van der Waals surface area contributed by atoms with Gasteiger partial charge in [-0.15, -0.1) is 5.73 Å². The fraction of sp³-hybridized carbons (Fsp3) is 0.444. The average molecular weight is 122 g/mol. The molecule has 0 saturated carbocycles. The molecule has 0 amide bonds. The smallest absolute Gasteiger partial charge is 0.0180 e. The fourth-order valence-electron chi connectivity index (χ4n) is 0.728. The first-order valence-corrected chi connectivity index (χ1v) is 3.20. The first-order valence-electron chi connectivity index (χ1n) is 3.20. The zero-order valence-corrected chi connectivity index (χ0v) is 6.28. The van der Waals surface area contributed by atoms with Gasteiger partial charge in [-0.2, -0.15) is 0 Å².